The highest BCUT2D eigenvalue weighted by molar-refractivity contribution is 14.0. The molecule has 2 N–H and O–H groups in total. The van der Waals surface area contributed by atoms with Crippen LogP contribution >= 0.6 is 24.0 Å². The van der Waals surface area contributed by atoms with Crippen molar-refractivity contribution < 1.29 is 4.79 Å². The molecule has 1 atom stereocenters. The number of nitrogens with one attached hydrogen (secondary N) is 2. The minimum Gasteiger partial charge on any atom is -0.356 e. The number of aromatic nitrogens is 3. The highest BCUT2D eigenvalue weighted by atomic mass is 127. The number of nitrogens with zero attached hydrogens (tertiary/aromatic N) is 5. The fourth-order valence-electron chi connectivity index (χ4n) is 2.73. The third-order valence-corrected chi connectivity index (χ3v) is 4.08. The summed E-state index contributed by atoms with van der Waals surface area (Å²) in [5.41, 5.74) is 0. The normalized spacial score (nSPS) is 18.0. The molecule has 1 aliphatic rings. The number of hydrogen-bond acceptors (Lipinski definition) is 4. The topological polar surface area (TPSA) is 87.4 Å². The molecular weight excluding hydrogens is 421 g/mol. The lowest BCUT2D eigenvalue weighted by molar-refractivity contribution is -0.132. The molecule has 0 bridgehead atoms. The number of amides is 1. The van der Waals surface area contributed by atoms with Crippen molar-refractivity contribution >= 4 is 35.8 Å². The van der Waals surface area contributed by atoms with Crippen LogP contribution in [-0.2, 0) is 18.4 Å². The van der Waals surface area contributed by atoms with Gasteiger partial charge in [-0.15, -0.1) is 24.0 Å². The van der Waals surface area contributed by atoms with Crippen LogP contribution in [0.1, 0.15) is 32.0 Å². The lowest BCUT2D eigenvalue weighted by atomic mass is 10.00. The maximum atomic E-state index is 12.2. The Kier molecular flexibility index (Phi) is 9.01. The first-order chi connectivity index (χ1) is 11.1. The van der Waals surface area contributed by atoms with Gasteiger partial charge in [0.15, 0.2) is 5.96 Å². The molecule has 1 aromatic heterocycles. The van der Waals surface area contributed by atoms with E-state index in [9.17, 15) is 4.79 Å². The molecule has 2 rings (SSSR count). The number of hydrogen-bond donors (Lipinski definition) is 2. The van der Waals surface area contributed by atoms with Gasteiger partial charge in [-0.2, -0.15) is 5.10 Å². The van der Waals surface area contributed by atoms with Crippen molar-refractivity contribution in [1.82, 2.24) is 30.3 Å². The Morgan fingerprint density at radius 1 is 1.46 bits per heavy atom. The van der Waals surface area contributed by atoms with Crippen LogP contribution < -0.4 is 10.6 Å². The number of carbonyl (C=O) groups is 1. The number of halogens is 1. The molecule has 8 nitrogen and oxygen atoms in total. The van der Waals surface area contributed by atoms with Gasteiger partial charge in [-0.05, 0) is 18.8 Å². The van der Waals surface area contributed by atoms with Gasteiger partial charge in [-0.1, -0.05) is 6.92 Å². The molecule has 0 spiro atoms. The van der Waals surface area contributed by atoms with Crippen LogP contribution in [0.2, 0.25) is 0 Å². The van der Waals surface area contributed by atoms with Crippen molar-refractivity contribution in [2.24, 2.45) is 18.0 Å². The number of guanidine groups is 1. The van der Waals surface area contributed by atoms with E-state index < -0.39 is 0 Å². The quantitative estimate of drug-likeness (QED) is 0.394. The molecule has 1 unspecified atom stereocenters. The molecule has 1 saturated heterocycles. The van der Waals surface area contributed by atoms with Crippen LogP contribution in [0.4, 0.5) is 0 Å². The SMILES string of the molecule is CN=C(NCCC(=O)N1CCCC(C)C1)NCc1ncnn1C.I. The van der Waals surface area contributed by atoms with Gasteiger partial charge < -0.3 is 15.5 Å². The Labute approximate surface area is 160 Å². The second-order valence-electron chi connectivity index (χ2n) is 5.99. The van der Waals surface area contributed by atoms with Crippen LogP contribution in [-0.4, -0.2) is 58.2 Å². The molecular formula is C15H28IN7O. The van der Waals surface area contributed by atoms with E-state index in [-0.39, 0.29) is 29.9 Å². The minimum absolute atomic E-state index is 0. The summed E-state index contributed by atoms with van der Waals surface area (Å²) >= 11 is 0. The zero-order valence-corrected chi connectivity index (χ0v) is 17.0. The average Bonchev–Trinajstić information content (AvgIpc) is 2.95. The van der Waals surface area contributed by atoms with Crippen molar-refractivity contribution in [1.29, 1.82) is 0 Å². The van der Waals surface area contributed by atoms with Crippen molar-refractivity contribution in [2.75, 3.05) is 26.7 Å². The molecule has 0 saturated carbocycles. The summed E-state index contributed by atoms with van der Waals surface area (Å²) in [4.78, 5) is 22.5. The van der Waals surface area contributed by atoms with E-state index in [1.807, 2.05) is 11.9 Å². The summed E-state index contributed by atoms with van der Waals surface area (Å²) in [6.45, 7) is 5.09. The first-order valence-electron chi connectivity index (χ1n) is 8.15. The molecule has 0 radical (unpaired) electrons. The molecule has 1 aliphatic heterocycles. The fourth-order valence-corrected chi connectivity index (χ4v) is 2.73. The second kappa shape index (κ2) is 10.5. The van der Waals surface area contributed by atoms with Crippen LogP contribution in [0.25, 0.3) is 0 Å². The summed E-state index contributed by atoms with van der Waals surface area (Å²) < 4.78 is 1.71. The van der Waals surface area contributed by atoms with Crippen LogP contribution in [0.3, 0.4) is 0 Å². The average molecular weight is 449 g/mol. The van der Waals surface area contributed by atoms with E-state index >= 15 is 0 Å². The van der Waals surface area contributed by atoms with Crippen LogP contribution in [0.15, 0.2) is 11.3 Å². The van der Waals surface area contributed by atoms with Gasteiger partial charge in [0.1, 0.15) is 12.2 Å². The summed E-state index contributed by atoms with van der Waals surface area (Å²) in [5.74, 6) is 2.31. The molecule has 1 fully saturated rings. The number of carbonyl (C=O) groups excluding carboxylic acids is 1. The molecule has 2 heterocycles. The zero-order chi connectivity index (χ0) is 16.7. The zero-order valence-electron chi connectivity index (χ0n) is 14.7. The Morgan fingerprint density at radius 2 is 2.25 bits per heavy atom. The van der Waals surface area contributed by atoms with Crippen molar-refractivity contribution in [2.45, 2.75) is 32.7 Å². The van der Waals surface area contributed by atoms with Gasteiger partial charge >= 0.3 is 0 Å². The Morgan fingerprint density at radius 3 is 2.88 bits per heavy atom. The summed E-state index contributed by atoms with van der Waals surface area (Å²) in [6.07, 6.45) is 4.34. The Bertz CT molecular complexity index is 546. The second-order valence-corrected chi connectivity index (χ2v) is 5.99. The van der Waals surface area contributed by atoms with Crippen LogP contribution in [0, 0.1) is 5.92 Å². The number of aryl methyl sites for hydroxylation is 1. The van der Waals surface area contributed by atoms with Crippen molar-refractivity contribution in [3.63, 3.8) is 0 Å². The molecule has 0 aliphatic carbocycles. The van der Waals surface area contributed by atoms with E-state index in [0.29, 0.717) is 31.4 Å². The summed E-state index contributed by atoms with van der Waals surface area (Å²) in [7, 11) is 3.55. The van der Waals surface area contributed by atoms with E-state index in [0.717, 1.165) is 25.3 Å². The lowest BCUT2D eigenvalue weighted by Crippen LogP contribution is -2.42. The molecule has 1 aromatic rings. The van der Waals surface area contributed by atoms with Gasteiger partial charge in [-0.3, -0.25) is 14.5 Å². The minimum atomic E-state index is 0. The monoisotopic (exact) mass is 449 g/mol. The van der Waals surface area contributed by atoms with E-state index in [1.165, 1.54) is 12.7 Å². The summed E-state index contributed by atoms with van der Waals surface area (Å²) in [6, 6.07) is 0. The maximum Gasteiger partial charge on any atom is 0.224 e. The number of aliphatic imine (C=N–C) groups is 1. The van der Waals surface area contributed by atoms with Gasteiger partial charge in [-0.25, -0.2) is 4.98 Å². The van der Waals surface area contributed by atoms with Gasteiger partial charge in [0.2, 0.25) is 5.91 Å². The largest absolute Gasteiger partial charge is 0.356 e. The molecule has 0 aromatic carbocycles. The van der Waals surface area contributed by atoms with Crippen LogP contribution in [0.5, 0.6) is 0 Å². The molecule has 1 amide bonds. The molecule has 24 heavy (non-hydrogen) atoms. The van der Waals surface area contributed by atoms with Gasteiger partial charge in [0, 0.05) is 40.2 Å². The van der Waals surface area contributed by atoms with Gasteiger partial charge in [0.25, 0.3) is 0 Å². The standard InChI is InChI=1S/C15H27N7O.HI/c1-12-5-4-8-22(10-12)14(23)6-7-17-15(16-2)18-9-13-19-11-20-21(13)3;/h11-12H,4-10H2,1-3H3,(H2,16,17,18);1H. The number of rotatable bonds is 5. The Balaban J connectivity index is 0.00000288. The fraction of sp³-hybridized carbons (Fsp3) is 0.733. The molecule has 9 heteroatoms. The van der Waals surface area contributed by atoms with Crippen molar-refractivity contribution in [3.05, 3.63) is 12.2 Å². The first kappa shape index (κ1) is 20.7. The number of piperidine rings is 1. The maximum absolute atomic E-state index is 12.2. The number of likely N-dealkylation sites (tertiary alicyclic amines) is 1. The smallest absolute Gasteiger partial charge is 0.224 e. The third kappa shape index (κ3) is 6.25. The third-order valence-electron chi connectivity index (χ3n) is 4.08. The highest BCUT2D eigenvalue weighted by Gasteiger charge is 2.20. The first-order valence-corrected chi connectivity index (χ1v) is 8.15. The Hall–Kier alpha value is -1.39. The van der Waals surface area contributed by atoms with E-state index in [2.05, 4.69) is 32.6 Å². The predicted octanol–water partition coefficient (Wildman–Crippen LogP) is 0.747. The highest BCUT2D eigenvalue weighted by Crippen LogP contribution is 2.15. The van der Waals surface area contributed by atoms with Gasteiger partial charge in [0.05, 0.1) is 6.54 Å². The van der Waals surface area contributed by atoms with E-state index in [4.69, 9.17) is 0 Å². The van der Waals surface area contributed by atoms with Crippen molar-refractivity contribution in [3.8, 4) is 0 Å². The molecule has 136 valence electrons. The summed E-state index contributed by atoms with van der Waals surface area (Å²) in [5, 5.41) is 10.3. The lowest BCUT2D eigenvalue weighted by Gasteiger charge is -2.31. The van der Waals surface area contributed by atoms with E-state index in [1.54, 1.807) is 11.7 Å². The predicted molar refractivity (Wildman–Crippen MR) is 104 cm³/mol.